The van der Waals surface area contributed by atoms with Gasteiger partial charge in [0.2, 0.25) is 0 Å². The fourth-order valence-corrected chi connectivity index (χ4v) is 4.40. The fourth-order valence-electron chi connectivity index (χ4n) is 4.40. The molecular formula is C26H31N7O2. The summed E-state index contributed by atoms with van der Waals surface area (Å²) in [7, 11) is 0. The summed E-state index contributed by atoms with van der Waals surface area (Å²) >= 11 is 0. The minimum Gasteiger partial charge on any atom is -0.463 e. The van der Waals surface area contributed by atoms with Crippen molar-refractivity contribution in [3.05, 3.63) is 64.2 Å². The Labute approximate surface area is 204 Å². The maximum atomic E-state index is 12.6. The number of nitrogens with two attached hydrogens (primary N) is 1. The highest BCUT2D eigenvalue weighted by molar-refractivity contribution is 5.82. The number of aromatic amines is 1. The lowest BCUT2D eigenvalue weighted by Crippen LogP contribution is -2.18. The Morgan fingerprint density at radius 2 is 1.80 bits per heavy atom. The van der Waals surface area contributed by atoms with Gasteiger partial charge in [0.25, 0.3) is 0 Å². The number of hydrogen-bond donors (Lipinski definition) is 2. The first-order valence-electron chi connectivity index (χ1n) is 12.3. The minimum absolute atomic E-state index is 0.179. The average molecular weight is 474 g/mol. The van der Waals surface area contributed by atoms with Crippen LogP contribution in [-0.4, -0.2) is 49.1 Å². The number of anilines is 1. The molecule has 5 rings (SSSR count). The first-order chi connectivity index (χ1) is 17.1. The number of imidazole rings is 1. The summed E-state index contributed by atoms with van der Waals surface area (Å²) < 4.78 is 7.14. The maximum Gasteiger partial charge on any atom is 0.328 e. The summed E-state index contributed by atoms with van der Waals surface area (Å²) in [4.78, 5) is 31.1. The Morgan fingerprint density at radius 3 is 2.51 bits per heavy atom. The number of unbranched alkanes of at least 4 members (excludes halogenated alkanes) is 1. The monoisotopic (exact) mass is 473 g/mol. The van der Waals surface area contributed by atoms with Gasteiger partial charge in [-0.15, -0.1) is 0 Å². The molecule has 0 radical (unpaired) electrons. The molecule has 0 bridgehead atoms. The largest absolute Gasteiger partial charge is 0.463 e. The van der Waals surface area contributed by atoms with Crippen LogP contribution in [0.1, 0.15) is 43.7 Å². The molecule has 1 aliphatic heterocycles. The van der Waals surface area contributed by atoms with Crippen molar-refractivity contribution in [1.82, 2.24) is 29.4 Å². The first kappa shape index (κ1) is 23.0. The zero-order valence-electron chi connectivity index (χ0n) is 20.0. The van der Waals surface area contributed by atoms with E-state index < -0.39 is 0 Å². The zero-order chi connectivity index (χ0) is 24.2. The Kier molecular flexibility index (Phi) is 6.76. The predicted octanol–water partition coefficient (Wildman–Crippen LogP) is 3.59. The van der Waals surface area contributed by atoms with Crippen molar-refractivity contribution >= 4 is 17.0 Å². The van der Waals surface area contributed by atoms with Gasteiger partial charge in [0.05, 0.1) is 18.8 Å². The number of hydrogen-bond acceptors (Lipinski definition) is 7. The van der Waals surface area contributed by atoms with Crippen LogP contribution >= 0.6 is 0 Å². The molecule has 4 aromatic rings. The Hall–Kier alpha value is -3.72. The van der Waals surface area contributed by atoms with Gasteiger partial charge >= 0.3 is 11.7 Å². The van der Waals surface area contributed by atoms with Crippen LogP contribution in [-0.2, 0) is 13.1 Å². The van der Waals surface area contributed by atoms with E-state index in [-0.39, 0.29) is 17.5 Å². The molecule has 0 atom stereocenters. The highest BCUT2D eigenvalue weighted by atomic mass is 16.5. The number of nitrogen functional groups attached to an aromatic ring is 1. The molecule has 0 spiro atoms. The molecule has 1 aromatic carbocycles. The number of rotatable bonds is 9. The van der Waals surface area contributed by atoms with Gasteiger partial charge in [0, 0.05) is 18.3 Å². The topological polar surface area (TPSA) is 115 Å². The summed E-state index contributed by atoms with van der Waals surface area (Å²) in [5.41, 5.74) is 10.8. The molecule has 0 saturated carbocycles. The Balaban J connectivity index is 1.32. The third kappa shape index (κ3) is 5.19. The summed E-state index contributed by atoms with van der Waals surface area (Å²) in [6.45, 7) is 6.28. The van der Waals surface area contributed by atoms with E-state index in [4.69, 9.17) is 10.5 Å². The van der Waals surface area contributed by atoms with E-state index in [2.05, 4.69) is 56.0 Å². The van der Waals surface area contributed by atoms with Crippen molar-refractivity contribution in [3.8, 4) is 17.3 Å². The quantitative estimate of drug-likeness (QED) is 0.357. The number of H-pyrrole nitrogens is 1. The van der Waals surface area contributed by atoms with E-state index in [1.165, 1.54) is 36.1 Å². The van der Waals surface area contributed by atoms with Gasteiger partial charge in [-0.3, -0.25) is 14.5 Å². The number of ether oxygens (including phenoxy) is 1. The van der Waals surface area contributed by atoms with Crippen molar-refractivity contribution in [2.75, 3.05) is 25.4 Å². The van der Waals surface area contributed by atoms with E-state index >= 15 is 0 Å². The van der Waals surface area contributed by atoms with Gasteiger partial charge in [0.15, 0.2) is 11.5 Å². The highest BCUT2D eigenvalue weighted by Crippen LogP contribution is 2.21. The van der Waals surface area contributed by atoms with Crippen LogP contribution in [0.15, 0.2) is 47.4 Å². The average Bonchev–Trinajstić information content (AvgIpc) is 3.49. The number of aromatic nitrogens is 5. The standard InChI is InChI=1S/C26H31N7O2/c1-2-3-14-35-25-30-23(27)22-24(31-25)33(26(34)29-22)17-19-8-11-21(28-15-19)20-9-6-18(7-10-20)16-32-12-4-5-13-32/h6-11,15H,2-5,12-14,16-17H2,1H3,(H,29,34)(H2,27,30,31). The van der Waals surface area contributed by atoms with E-state index in [1.807, 2.05) is 12.1 Å². The molecule has 0 unspecified atom stereocenters. The van der Waals surface area contributed by atoms with Gasteiger partial charge < -0.3 is 15.5 Å². The molecule has 0 aliphatic carbocycles. The van der Waals surface area contributed by atoms with Crippen LogP contribution < -0.4 is 16.2 Å². The molecule has 35 heavy (non-hydrogen) atoms. The molecule has 1 fully saturated rings. The van der Waals surface area contributed by atoms with Crippen molar-refractivity contribution in [2.24, 2.45) is 0 Å². The van der Waals surface area contributed by atoms with Gasteiger partial charge in [-0.2, -0.15) is 9.97 Å². The third-order valence-corrected chi connectivity index (χ3v) is 6.38. The Bertz CT molecular complexity index is 1340. The van der Waals surface area contributed by atoms with Crippen molar-refractivity contribution in [1.29, 1.82) is 0 Å². The molecule has 9 nitrogen and oxygen atoms in total. The third-order valence-electron chi connectivity index (χ3n) is 6.38. The van der Waals surface area contributed by atoms with E-state index in [0.29, 0.717) is 24.3 Å². The van der Waals surface area contributed by atoms with Crippen LogP contribution in [0, 0.1) is 0 Å². The predicted molar refractivity (Wildman–Crippen MR) is 136 cm³/mol. The summed E-state index contributed by atoms with van der Waals surface area (Å²) in [6.07, 6.45) is 6.28. The molecule has 1 aliphatic rings. The molecule has 4 heterocycles. The van der Waals surface area contributed by atoms with Crippen molar-refractivity contribution < 1.29 is 4.74 Å². The lowest BCUT2D eigenvalue weighted by molar-refractivity contribution is 0.286. The Morgan fingerprint density at radius 1 is 1.03 bits per heavy atom. The normalized spacial score (nSPS) is 14.1. The number of benzene rings is 1. The molecule has 3 aromatic heterocycles. The summed E-state index contributed by atoms with van der Waals surface area (Å²) in [5, 5.41) is 0. The zero-order valence-corrected chi connectivity index (χ0v) is 20.0. The van der Waals surface area contributed by atoms with Gasteiger partial charge in [-0.05, 0) is 49.5 Å². The number of nitrogens with one attached hydrogen (secondary N) is 1. The van der Waals surface area contributed by atoms with Gasteiger partial charge in [0.1, 0.15) is 5.52 Å². The number of nitrogens with zero attached hydrogens (tertiary/aromatic N) is 5. The van der Waals surface area contributed by atoms with Crippen molar-refractivity contribution in [3.63, 3.8) is 0 Å². The lowest BCUT2D eigenvalue weighted by atomic mass is 10.1. The fraction of sp³-hybridized carbons (Fsp3) is 0.385. The first-order valence-corrected chi connectivity index (χ1v) is 12.3. The van der Waals surface area contributed by atoms with Gasteiger partial charge in [-0.25, -0.2) is 4.79 Å². The molecular weight excluding hydrogens is 442 g/mol. The number of likely N-dealkylation sites (tertiary alicyclic amines) is 1. The molecule has 3 N–H and O–H groups in total. The maximum absolute atomic E-state index is 12.6. The van der Waals surface area contributed by atoms with E-state index in [9.17, 15) is 4.79 Å². The number of fused-ring (bicyclic) bond motifs is 1. The molecule has 1 saturated heterocycles. The highest BCUT2D eigenvalue weighted by Gasteiger charge is 2.15. The van der Waals surface area contributed by atoms with Crippen molar-refractivity contribution in [2.45, 2.75) is 45.7 Å². The minimum atomic E-state index is -0.302. The summed E-state index contributed by atoms with van der Waals surface area (Å²) in [5.74, 6) is 0.194. The lowest BCUT2D eigenvalue weighted by Gasteiger charge is -2.14. The second-order valence-corrected chi connectivity index (χ2v) is 9.04. The number of pyridine rings is 1. The van der Waals surface area contributed by atoms with Crippen LogP contribution in [0.5, 0.6) is 6.01 Å². The van der Waals surface area contributed by atoms with Crippen LogP contribution in [0.25, 0.3) is 22.4 Å². The van der Waals surface area contributed by atoms with Gasteiger partial charge in [-0.1, -0.05) is 43.7 Å². The SMILES string of the molecule is CCCCOc1nc(N)c2[nH]c(=O)n(Cc3ccc(-c4ccc(CN5CCCC5)cc4)nc3)c2n1. The van der Waals surface area contributed by atoms with Crippen LogP contribution in [0.4, 0.5) is 5.82 Å². The molecule has 0 amide bonds. The van der Waals surface area contributed by atoms with E-state index in [0.717, 1.165) is 36.2 Å². The second-order valence-electron chi connectivity index (χ2n) is 9.04. The molecule has 182 valence electrons. The van der Waals surface area contributed by atoms with Crippen LogP contribution in [0.3, 0.4) is 0 Å². The van der Waals surface area contributed by atoms with Crippen LogP contribution in [0.2, 0.25) is 0 Å². The summed E-state index contributed by atoms with van der Waals surface area (Å²) in [6, 6.07) is 12.7. The smallest absolute Gasteiger partial charge is 0.328 e. The second kappa shape index (κ2) is 10.3. The molecule has 9 heteroatoms. The van der Waals surface area contributed by atoms with E-state index in [1.54, 1.807) is 6.20 Å².